The maximum atomic E-state index is 11.9. The van der Waals surface area contributed by atoms with E-state index in [2.05, 4.69) is 5.32 Å². The fraction of sp³-hybridized carbons (Fsp3) is 0.462. The fourth-order valence-electron chi connectivity index (χ4n) is 1.89. The molecule has 1 aromatic rings. The minimum Gasteiger partial charge on any atom is -0.378 e. The maximum absolute atomic E-state index is 11.9. The number of hydrogen-bond acceptors (Lipinski definition) is 3. The second-order valence-electron chi connectivity index (χ2n) is 4.26. The van der Waals surface area contributed by atoms with E-state index >= 15 is 0 Å². The summed E-state index contributed by atoms with van der Waals surface area (Å²) in [7, 11) is 0. The van der Waals surface area contributed by atoms with E-state index in [1.807, 2.05) is 30.0 Å². The molecule has 0 unspecified atom stereocenters. The van der Waals surface area contributed by atoms with E-state index < -0.39 is 0 Å². The summed E-state index contributed by atoms with van der Waals surface area (Å²) >= 11 is 6.03. The first-order valence-electron chi connectivity index (χ1n) is 6.03. The Balaban J connectivity index is 1.90. The molecular weight excluding hydrogens is 252 g/mol. The fourth-order valence-corrected chi connectivity index (χ4v) is 2.07. The van der Waals surface area contributed by atoms with E-state index in [1.165, 1.54) is 0 Å². The predicted octanol–water partition coefficient (Wildman–Crippen LogP) is 1.92. The summed E-state index contributed by atoms with van der Waals surface area (Å²) in [5.74, 6) is 0.0951. The summed E-state index contributed by atoms with van der Waals surface area (Å²) in [5.41, 5.74) is 1.87. The van der Waals surface area contributed by atoms with Crippen molar-refractivity contribution < 1.29 is 9.53 Å². The first-order chi connectivity index (χ1) is 8.68. The average molecular weight is 269 g/mol. The molecule has 5 heteroatoms. The van der Waals surface area contributed by atoms with E-state index in [4.69, 9.17) is 16.3 Å². The van der Waals surface area contributed by atoms with Crippen LogP contribution in [0.5, 0.6) is 0 Å². The molecular formula is C13H17ClN2O2. The van der Waals surface area contributed by atoms with Crippen molar-refractivity contribution >= 4 is 23.2 Å². The Morgan fingerprint density at radius 2 is 2.17 bits per heavy atom. The lowest BCUT2D eigenvalue weighted by molar-refractivity contribution is -0.133. The van der Waals surface area contributed by atoms with Crippen LogP contribution in [-0.4, -0.2) is 43.7 Å². The Morgan fingerprint density at radius 3 is 2.89 bits per heavy atom. The molecule has 0 atom stereocenters. The highest BCUT2D eigenvalue weighted by molar-refractivity contribution is 6.31. The van der Waals surface area contributed by atoms with Crippen molar-refractivity contribution in [3.05, 3.63) is 28.8 Å². The smallest absolute Gasteiger partial charge is 0.242 e. The number of amides is 1. The standard InChI is InChI=1S/C13H17ClN2O2/c1-10-11(14)3-2-4-12(10)15-9-13(17)16-5-7-18-8-6-16/h2-4,15H,5-9H2,1H3. The molecule has 18 heavy (non-hydrogen) atoms. The average Bonchev–Trinajstić information content (AvgIpc) is 2.41. The monoisotopic (exact) mass is 268 g/mol. The van der Waals surface area contributed by atoms with Crippen molar-refractivity contribution in [2.24, 2.45) is 0 Å². The highest BCUT2D eigenvalue weighted by Gasteiger charge is 2.16. The van der Waals surface area contributed by atoms with Crippen molar-refractivity contribution in [2.75, 3.05) is 38.2 Å². The van der Waals surface area contributed by atoms with Crippen molar-refractivity contribution in [3.8, 4) is 0 Å². The number of carbonyl (C=O) groups is 1. The van der Waals surface area contributed by atoms with Gasteiger partial charge in [0.05, 0.1) is 19.8 Å². The van der Waals surface area contributed by atoms with E-state index in [9.17, 15) is 4.79 Å². The van der Waals surface area contributed by atoms with Crippen molar-refractivity contribution in [2.45, 2.75) is 6.92 Å². The number of hydrogen-bond donors (Lipinski definition) is 1. The van der Waals surface area contributed by atoms with Crippen LogP contribution in [0.4, 0.5) is 5.69 Å². The first kappa shape index (κ1) is 13.2. The van der Waals surface area contributed by atoms with Crippen LogP contribution in [-0.2, 0) is 9.53 Å². The van der Waals surface area contributed by atoms with Crippen LogP contribution < -0.4 is 5.32 Å². The molecule has 1 heterocycles. The lowest BCUT2D eigenvalue weighted by Gasteiger charge is -2.27. The third-order valence-corrected chi connectivity index (χ3v) is 3.47. The summed E-state index contributed by atoms with van der Waals surface area (Å²) < 4.78 is 5.22. The van der Waals surface area contributed by atoms with Gasteiger partial charge in [0.2, 0.25) is 5.91 Å². The number of halogens is 1. The second kappa shape index (κ2) is 6.07. The van der Waals surface area contributed by atoms with Gasteiger partial charge in [0, 0.05) is 23.8 Å². The van der Waals surface area contributed by atoms with Crippen molar-refractivity contribution in [3.63, 3.8) is 0 Å². The zero-order chi connectivity index (χ0) is 13.0. The van der Waals surface area contributed by atoms with Crippen molar-refractivity contribution in [1.82, 2.24) is 4.90 Å². The van der Waals surface area contributed by atoms with Gasteiger partial charge in [-0.2, -0.15) is 0 Å². The Hall–Kier alpha value is -1.26. The SMILES string of the molecule is Cc1c(Cl)cccc1NCC(=O)N1CCOCC1. The summed E-state index contributed by atoms with van der Waals surface area (Å²) in [5, 5.41) is 3.84. The molecule has 98 valence electrons. The Morgan fingerprint density at radius 1 is 1.44 bits per heavy atom. The Kier molecular flexibility index (Phi) is 4.44. The van der Waals surface area contributed by atoms with Gasteiger partial charge in [0.15, 0.2) is 0 Å². The molecule has 0 aromatic heterocycles. The highest BCUT2D eigenvalue weighted by atomic mass is 35.5. The largest absolute Gasteiger partial charge is 0.378 e. The first-order valence-corrected chi connectivity index (χ1v) is 6.41. The predicted molar refractivity (Wildman–Crippen MR) is 72.1 cm³/mol. The molecule has 1 fully saturated rings. The molecule has 2 rings (SSSR count). The van der Waals surface area contributed by atoms with E-state index in [0.29, 0.717) is 37.9 Å². The Labute approximate surface area is 112 Å². The minimum absolute atomic E-state index is 0.0951. The van der Waals surface area contributed by atoms with E-state index in [0.717, 1.165) is 11.3 Å². The van der Waals surface area contributed by atoms with Crippen LogP contribution in [0.15, 0.2) is 18.2 Å². The van der Waals surface area contributed by atoms with Gasteiger partial charge in [0.25, 0.3) is 0 Å². The number of morpholine rings is 1. The van der Waals surface area contributed by atoms with Gasteiger partial charge in [-0.05, 0) is 24.6 Å². The number of nitrogens with zero attached hydrogens (tertiary/aromatic N) is 1. The summed E-state index contributed by atoms with van der Waals surface area (Å²) in [6.07, 6.45) is 0. The third-order valence-electron chi connectivity index (χ3n) is 3.06. The molecule has 1 aliphatic rings. The Bertz CT molecular complexity index is 431. The van der Waals surface area contributed by atoms with Crippen LogP contribution in [0.25, 0.3) is 0 Å². The molecule has 0 radical (unpaired) electrons. The van der Waals surface area contributed by atoms with Crippen LogP contribution in [0, 0.1) is 6.92 Å². The molecule has 1 aromatic carbocycles. The van der Waals surface area contributed by atoms with Crippen LogP contribution >= 0.6 is 11.6 Å². The normalized spacial score (nSPS) is 15.6. The third kappa shape index (κ3) is 3.15. The molecule has 0 bridgehead atoms. The molecule has 1 amide bonds. The minimum atomic E-state index is 0.0951. The summed E-state index contributed by atoms with van der Waals surface area (Å²) in [4.78, 5) is 13.8. The lowest BCUT2D eigenvalue weighted by Crippen LogP contribution is -2.43. The molecule has 0 aliphatic carbocycles. The van der Waals surface area contributed by atoms with E-state index in [-0.39, 0.29) is 5.91 Å². The molecule has 1 saturated heterocycles. The quantitative estimate of drug-likeness (QED) is 0.911. The number of nitrogens with one attached hydrogen (secondary N) is 1. The van der Waals surface area contributed by atoms with Gasteiger partial charge >= 0.3 is 0 Å². The van der Waals surface area contributed by atoms with Crippen molar-refractivity contribution in [1.29, 1.82) is 0 Å². The highest BCUT2D eigenvalue weighted by Crippen LogP contribution is 2.22. The molecule has 4 nitrogen and oxygen atoms in total. The number of anilines is 1. The van der Waals surface area contributed by atoms with Gasteiger partial charge in [0.1, 0.15) is 0 Å². The zero-order valence-corrected chi connectivity index (χ0v) is 11.2. The van der Waals surface area contributed by atoms with Gasteiger partial charge < -0.3 is 15.0 Å². The van der Waals surface area contributed by atoms with Gasteiger partial charge in [-0.15, -0.1) is 0 Å². The van der Waals surface area contributed by atoms with Crippen LogP contribution in [0.3, 0.4) is 0 Å². The van der Waals surface area contributed by atoms with E-state index in [1.54, 1.807) is 0 Å². The number of ether oxygens (including phenoxy) is 1. The number of carbonyl (C=O) groups excluding carboxylic acids is 1. The van der Waals surface area contributed by atoms with Gasteiger partial charge in [-0.1, -0.05) is 17.7 Å². The number of rotatable bonds is 3. The number of benzene rings is 1. The molecule has 0 saturated carbocycles. The summed E-state index contributed by atoms with van der Waals surface area (Å²) in [6, 6.07) is 5.64. The summed E-state index contributed by atoms with van der Waals surface area (Å²) in [6.45, 7) is 4.83. The van der Waals surface area contributed by atoms with Crippen LogP contribution in [0.2, 0.25) is 5.02 Å². The topological polar surface area (TPSA) is 41.6 Å². The molecule has 1 aliphatic heterocycles. The maximum Gasteiger partial charge on any atom is 0.242 e. The van der Waals surface area contributed by atoms with Crippen LogP contribution in [0.1, 0.15) is 5.56 Å². The lowest BCUT2D eigenvalue weighted by atomic mass is 10.2. The molecule has 0 spiro atoms. The van der Waals surface area contributed by atoms with Gasteiger partial charge in [-0.3, -0.25) is 4.79 Å². The molecule has 1 N–H and O–H groups in total. The second-order valence-corrected chi connectivity index (χ2v) is 4.67. The van der Waals surface area contributed by atoms with Gasteiger partial charge in [-0.25, -0.2) is 0 Å². The zero-order valence-electron chi connectivity index (χ0n) is 10.4.